The Kier molecular flexibility index (Phi) is 10.3. The lowest BCUT2D eigenvalue weighted by Gasteiger charge is -2.14. The molecule has 1 heterocycles. The van der Waals surface area contributed by atoms with Crippen molar-refractivity contribution in [3.8, 4) is 11.5 Å². The minimum Gasteiger partial charge on any atom is -0.490 e. The van der Waals surface area contributed by atoms with Gasteiger partial charge in [0.1, 0.15) is 0 Å². The number of guanidine groups is 1. The molecule has 31 heavy (non-hydrogen) atoms. The maximum Gasteiger partial charge on any atom is 0.213 e. The molecule has 3 N–H and O–H groups in total. The second-order valence-electron chi connectivity index (χ2n) is 6.72. The summed E-state index contributed by atoms with van der Waals surface area (Å²) in [5.41, 5.74) is 1.69. The van der Waals surface area contributed by atoms with Crippen LogP contribution in [0.25, 0.3) is 0 Å². The van der Waals surface area contributed by atoms with Gasteiger partial charge >= 0.3 is 0 Å². The minimum absolute atomic E-state index is 0. The van der Waals surface area contributed by atoms with E-state index in [4.69, 9.17) is 9.47 Å². The van der Waals surface area contributed by atoms with E-state index >= 15 is 0 Å². The number of sulfonamides is 1. The molecule has 0 unspecified atom stereocenters. The molecule has 0 amide bonds. The third-order valence-electron chi connectivity index (χ3n) is 4.32. The first-order chi connectivity index (χ1) is 14.6. The Morgan fingerprint density at radius 2 is 1.81 bits per heavy atom. The summed E-state index contributed by atoms with van der Waals surface area (Å²) in [5.74, 6) is 1.80. The SMILES string of the molecule is CCNC(=NCCS(=O)(=O)NCc1ccccc1)Nc1ccc2c(c1)OCCCO2.I. The molecular weight excluding hydrogens is 531 g/mol. The van der Waals surface area contributed by atoms with E-state index in [1.165, 1.54) is 0 Å². The van der Waals surface area contributed by atoms with E-state index in [2.05, 4.69) is 20.3 Å². The average molecular weight is 560 g/mol. The Balaban J connectivity index is 0.00000341. The second kappa shape index (κ2) is 12.7. The predicted molar refractivity (Wildman–Crippen MR) is 134 cm³/mol. The first-order valence-corrected chi connectivity index (χ1v) is 11.7. The number of hydrogen-bond donors (Lipinski definition) is 3. The van der Waals surface area contributed by atoms with Gasteiger partial charge < -0.3 is 20.1 Å². The molecule has 0 atom stereocenters. The van der Waals surface area contributed by atoms with Gasteiger partial charge in [0.2, 0.25) is 10.0 Å². The number of aliphatic imine (C=N–C) groups is 1. The largest absolute Gasteiger partial charge is 0.490 e. The highest BCUT2D eigenvalue weighted by atomic mass is 127. The van der Waals surface area contributed by atoms with E-state index in [0.29, 0.717) is 31.5 Å². The fourth-order valence-electron chi connectivity index (χ4n) is 2.82. The molecule has 0 spiro atoms. The van der Waals surface area contributed by atoms with Crippen molar-refractivity contribution < 1.29 is 17.9 Å². The van der Waals surface area contributed by atoms with Crippen LogP contribution in [0, 0.1) is 0 Å². The zero-order chi connectivity index (χ0) is 21.2. The minimum atomic E-state index is -3.43. The van der Waals surface area contributed by atoms with Gasteiger partial charge in [0.05, 0.1) is 25.5 Å². The molecule has 1 aliphatic heterocycles. The third kappa shape index (κ3) is 8.54. The molecule has 0 aromatic heterocycles. The lowest BCUT2D eigenvalue weighted by atomic mass is 10.2. The molecule has 0 saturated carbocycles. The normalized spacial score (nSPS) is 13.6. The Hall–Kier alpha value is -2.05. The van der Waals surface area contributed by atoms with Gasteiger partial charge in [-0.15, -0.1) is 24.0 Å². The van der Waals surface area contributed by atoms with Crippen molar-refractivity contribution in [2.45, 2.75) is 19.9 Å². The maximum absolute atomic E-state index is 12.2. The van der Waals surface area contributed by atoms with E-state index < -0.39 is 10.0 Å². The molecule has 2 aromatic rings. The summed E-state index contributed by atoms with van der Waals surface area (Å²) in [6.45, 7) is 4.24. The van der Waals surface area contributed by atoms with Crippen LogP contribution < -0.4 is 24.8 Å². The van der Waals surface area contributed by atoms with Crippen molar-refractivity contribution >= 4 is 45.6 Å². The highest BCUT2D eigenvalue weighted by molar-refractivity contribution is 14.0. The van der Waals surface area contributed by atoms with Gasteiger partial charge in [-0.2, -0.15) is 0 Å². The first kappa shape index (κ1) is 25.2. The van der Waals surface area contributed by atoms with Gasteiger partial charge in [-0.3, -0.25) is 4.99 Å². The van der Waals surface area contributed by atoms with E-state index in [1.807, 2.05) is 55.5 Å². The molecule has 0 aliphatic carbocycles. The summed E-state index contributed by atoms with van der Waals surface area (Å²) >= 11 is 0. The van der Waals surface area contributed by atoms with E-state index in [9.17, 15) is 8.42 Å². The van der Waals surface area contributed by atoms with Crippen molar-refractivity contribution in [2.75, 3.05) is 37.4 Å². The predicted octanol–water partition coefficient (Wildman–Crippen LogP) is 2.96. The van der Waals surface area contributed by atoms with Gasteiger partial charge in [0, 0.05) is 31.3 Å². The van der Waals surface area contributed by atoms with Crippen LogP contribution in [0.1, 0.15) is 18.9 Å². The molecule has 0 radical (unpaired) electrons. The number of rotatable bonds is 8. The summed E-state index contributed by atoms with van der Waals surface area (Å²) in [7, 11) is -3.43. The van der Waals surface area contributed by atoms with Crippen LogP contribution in [0.15, 0.2) is 53.5 Å². The van der Waals surface area contributed by atoms with Gasteiger partial charge in [0.25, 0.3) is 0 Å². The Labute approximate surface area is 200 Å². The van der Waals surface area contributed by atoms with Crippen molar-refractivity contribution in [3.05, 3.63) is 54.1 Å². The molecule has 8 nitrogen and oxygen atoms in total. The molecule has 1 aliphatic rings. The Morgan fingerprint density at radius 3 is 2.55 bits per heavy atom. The summed E-state index contributed by atoms with van der Waals surface area (Å²) in [5, 5.41) is 6.30. The quantitative estimate of drug-likeness (QED) is 0.261. The number of fused-ring (bicyclic) bond motifs is 1. The van der Waals surface area contributed by atoms with Crippen molar-refractivity contribution in [1.82, 2.24) is 10.0 Å². The molecule has 10 heteroatoms. The van der Waals surface area contributed by atoms with Crippen molar-refractivity contribution in [2.24, 2.45) is 4.99 Å². The van der Waals surface area contributed by atoms with E-state index in [0.717, 1.165) is 23.4 Å². The number of ether oxygens (including phenoxy) is 2. The number of benzene rings is 2. The zero-order valence-electron chi connectivity index (χ0n) is 17.5. The van der Waals surface area contributed by atoms with Crippen LogP contribution in [0.2, 0.25) is 0 Å². The number of nitrogens with one attached hydrogen (secondary N) is 3. The molecule has 0 fully saturated rings. The second-order valence-corrected chi connectivity index (χ2v) is 8.65. The summed E-state index contributed by atoms with van der Waals surface area (Å²) in [6.07, 6.45) is 0.842. The molecule has 0 bridgehead atoms. The average Bonchev–Trinajstić information content (AvgIpc) is 2.98. The van der Waals surface area contributed by atoms with Crippen LogP contribution in [0.4, 0.5) is 5.69 Å². The Morgan fingerprint density at radius 1 is 1.06 bits per heavy atom. The van der Waals surface area contributed by atoms with Gasteiger partial charge in [-0.25, -0.2) is 13.1 Å². The maximum atomic E-state index is 12.2. The molecule has 0 saturated heterocycles. The number of halogens is 1. The molecular formula is C21H29IN4O4S. The van der Waals surface area contributed by atoms with Crippen molar-refractivity contribution in [3.63, 3.8) is 0 Å². The highest BCUT2D eigenvalue weighted by Gasteiger charge is 2.12. The molecule has 3 rings (SSSR count). The zero-order valence-corrected chi connectivity index (χ0v) is 20.6. The van der Waals surface area contributed by atoms with E-state index in [1.54, 1.807) is 0 Å². The first-order valence-electron chi connectivity index (χ1n) is 10.0. The number of nitrogens with zero attached hydrogens (tertiary/aromatic N) is 1. The standard InChI is InChI=1S/C21H28N4O4S.HI/c1-2-22-21(25-18-9-10-19-20(15-18)29-13-6-12-28-19)23-11-14-30(26,27)24-16-17-7-4-3-5-8-17;/h3-5,7-10,15,24H,2,6,11-14,16H2,1H3,(H2,22,23,25);1H. The molecule has 2 aromatic carbocycles. The topological polar surface area (TPSA) is 101 Å². The van der Waals surface area contributed by atoms with Crippen LogP contribution in [0.5, 0.6) is 11.5 Å². The van der Waals surface area contributed by atoms with Crippen LogP contribution >= 0.6 is 24.0 Å². The smallest absolute Gasteiger partial charge is 0.213 e. The monoisotopic (exact) mass is 560 g/mol. The van der Waals surface area contributed by atoms with Crippen LogP contribution in [0.3, 0.4) is 0 Å². The summed E-state index contributed by atoms with van der Waals surface area (Å²) in [6, 6.07) is 15.0. The lowest BCUT2D eigenvalue weighted by Crippen LogP contribution is -2.32. The van der Waals surface area contributed by atoms with E-state index in [-0.39, 0.29) is 42.8 Å². The van der Waals surface area contributed by atoms with Gasteiger partial charge in [-0.1, -0.05) is 30.3 Å². The van der Waals surface area contributed by atoms with Gasteiger partial charge in [0.15, 0.2) is 17.5 Å². The third-order valence-corrected chi connectivity index (χ3v) is 5.63. The summed E-state index contributed by atoms with van der Waals surface area (Å²) < 4.78 is 38.4. The van der Waals surface area contributed by atoms with Crippen LogP contribution in [-0.4, -0.2) is 46.4 Å². The lowest BCUT2D eigenvalue weighted by molar-refractivity contribution is 0.297. The fourth-order valence-corrected chi connectivity index (χ4v) is 3.69. The van der Waals surface area contributed by atoms with Crippen LogP contribution in [-0.2, 0) is 16.6 Å². The van der Waals surface area contributed by atoms with Gasteiger partial charge in [-0.05, 0) is 24.6 Å². The fraction of sp³-hybridized carbons (Fsp3) is 0.381. The number of hydrogen-bond acceptors (Lipinski definition) is 5. The van der Waals surface area contributed by atoms with Crippen molar-refractivity contribution in [1.29, 1.82) is 0 Å². The highest BCUT2D eigenvalue weighted by Crippen LogP contribution is 2.32. The Bertz CT molecular complexity index is 955. The summed E-state index contributed by atoms with van der Waals surface area (Å²) in [4.78, 5) is 4.38. The molecule has 170 valence electrons. The number of anilines is 1.